The summed E-state index contributed by atoms with van der Waals surface area (Å²) >= 11 is 6.14. The molecule has 1 aromatic heterocycles. The van der Waals surface area contributed by atoms with Gasteiger partial charge in [0, 0.05) is 18.8 Å². The van der Waals surface area contributed by atoms with E-state index in [1.807, 2.05) is 0 Å². The van der Waals surface area contributed by atoms with Gasteiger partial charge in [0.05, 0.1) is 18.7 Å². The molecule has 0 saturated carbocycles. The van der Waals surface area contributed by atoms with Crippen molar-refractivity contribution in [3.8, 4) is 0 Å². The highest BCUT2D eigenvalue weighted by Crippen LogP contribution is 2.22. The molecule has 0 spiro atoms. The van der Waals surface area contributed by atoms with E-state index in [1.54, 1.807) is 24.3 Å². The number of hydrogen-bond acceptors (Lipinski definition) is 6. The molecule has 8 heteroatoms. The van der Waals surface area contributed by atoms with Crippen LogP contribution in [0.4, 0.5) is 17.5 Å². The maximum atomic E-state index is 10.7. The van der Waals surface area contributed by atoms with Gasteiger partial charge in [0.25, 0.3) is 0 Å². The Hall–Kier alpha value is -2.38. The zero-order valence-electron chi connectivity index (χ0n) is 13.5. The number of aliphatic carboxylic acids is 1. The zero-order valence-corrected chi connectivity index (χ0v) is 14.3. The number of halogens is 1. The second-order valence-corrected chi connectivity index (χ2v) is 6.21. The Balaban J connectivity index is 1.63. The Morgan fingerprint density at radius 3 is 2.84 bits per heavy atom. The molecule has 25 heavy (non-hydrogen) atoms. The molecule has 3 rings (SSSR count). The average Bonchev–Trinajstić information content (AvgIpc) is 3.10. The summed E-state index contributed by atoms with van der Waals surface area (Å²) in [6.07, 6.45) is 3.82. The first-order chi connectivity index (χ1) is 12.1. The quantitative estimate of drug-likeness (QED) is 0.696. The van der Waals surface area contributed by atoms with Crippen LogP contribution < -0.4 is 10.6 Å². The number of nitrogens with zero attached hydrogens (tertiary/aromatic N) is 2. The van der Waals surface area contributed by atoms with Crippen molar-refractivity contribution in [2.45, 2.75) is 25.4 Å². The van der Waals surface area contributed by atoms with Crippen LogP contribution in [0.15, 0.2) is 30.5 Å². The SMILES string of the molecule is O=C(O)Cc1ccc(Nc2ncc(Cl)c(NCC3CCCO3)n2)cc1. The van der Waals surface area contributed by atoms with Gasteiger partial charge in [-0.1, -0.05) is 23.7 Å². The fraction of sp³-hybridized carbons (Fsp3) is 0.353. The van der Waals surface area contributed by atoms with Crippen molar-refractivity contribution in [2.24, 2.45) is 0 Å². The number of carbonyl (C=O) groups is 1. The van der Waals surface area contributed by atoms with Gasteiger partial charge in [-0.25, -0.2) is 4.98 Å². The fourth-order valence-electron chi connectivity index (χ4n) is 2.58. The monoisotopic (exact) mass is 362 g/mol. The van der Waals surface area contributed by atoms with E-state index in [0.717, 1.165) is 30.7 Å². The lowest BCUT2D eigenvalue weighted by molar-refractivity contribution is -0.136. The normalized spacial score (nSPS) is 16.6. The van der Waals surface area contributed by atoms with E-state index in [2.05, 4.69) is 20.6 Å². The Kier molecular flexibility index (Phi) is 5.67. The minimum Gasteiger partial charge on any atom is -0.481 e. The van der Waals surface area contributed by atoms with Gasteiger partial charge in [-0.05, 0) is 30.5 Å². The minimum atomic E-state index is -0.858. The molecule has 1 aromatic carbocycles. The number of carboxylic acid groups (broad SMARTS) is 1. The molecular formula is C17H19ClN4O3. The van der Waals surface area contributed by atoms with Crippen LogP contribution in [0.3, 0.4) is 0 Å². The van der Waals surface area contributed by atoms with Crippen LogP contribution in [-0.4, -0.2) is 40.3 Å². The van der Waals surface area contributed by atoms with Crippen molar-refractivity contribution in [1.82, 2.24) is 9.97 Å². The van der Waals surface area contributed by atoms with E-state index in [1.165, 1.54) is 6.20 Å². The van der Waals surface area contributed by atoms with Crippen molar-refractivity contribution < 1.29 is 14.6 Å². The van der Waals surface area contributed by atoms with Gasteiger partial charge in [0.1, 0.15) is 5.02 Å². The standard InChI is InChI=1S/C17H19ClN4O3/c18-14-10-20-17(22-16(14)19-9-13-2-1-7-25-13)21-12-5-3-11(4-6-12)8-15(23)24/h3-6,10,13H,1-2,7-9H2,(H,23,24)(H2,19,20,21,22). The maximum absolute atomic E-state index is 10.7. The number of aromatic nitrogens is 2. The fourth-order valence-corrected chi connectivity index (χ4v) is 2.73. The Morgan fingerprint density at radius 2 is 2.16 bits per heavy atom. The van der Waals surface area contributed by atoms with E-state index in [-0.39, 0.29) is 12.5 Å². The van der Waals surface area contributed by atoms with Crippen molar-refractivity contribution in [2.75, 3.05) is 23.8 Å². The van der Waals surface area contributed by atoms with E-state index in [9.17, 15) is 4.79 Å². The summed E-state index contributed by atoms with van der Waals surface area (Å²) in [5.41, 5.74) is 1.50. The van der Waals surface area contributed by atoms with Crippen LogP contribution in [0.5, 0.6) is 0 Å². The summed E-state index contributed by atoms with van der Waals surface area (Å²) in [6, 6.07) is 7.08. The number of hydrogen-bond donors (Lipinski definition) is 3. The maximum Gasteiger partial charge on any atom is 0.307 e. The highest BCUT2D eigenvalue weighted by molar-refractivity contribution is 6.32. The predicted molar refractivity (Wildman–Crippen MR) is 95.6 cm³/mol. The molecule has 7 nitrogen and oxygen atoms in total. The summed E-state index contributed by atoms with van der Waals surface area (Å²) in [5, 5.41) is 15.5. The van der Waals surface area contributed by atoms with E-state index in [4.69, 9.17) is 21.4 Å². The molecule has 1 atom stereocenters. The lowest BCUT2D eigenvalue weighted by atomic mass is 10.1. The lowest BCUT2D eigenvalue weighted by Gasteiger charge is -2.13. The van der Waals surface area contributed by atoms with Crippen molar-refractivity contribution in [3.05, 3.63) is 41.0 Å². The largest absolute Gasteiger partial charge is 0.481 e. The van der Waals surface area contributed by atoms with E-state index in [0.29, 0.717) is 23.3 Å². The lowest BCUT2D eigenvalue weighted by Crippen LogP contribution is -2.19. The molecule has 1 saturated heterocycles. The molecule has 0 amide bonds. The molecular weight excluding hydrogens is 344 g/mol. The van der Waals surface area contributed by atoms with Gasteiger partial charge in [0.2, 0.25) is 5.95 Å². The first-order valence-corrected chi connectivity index (χ1v) is 8.44. The van der Waals surface area contributed by atoms with Gasteiger partial charge in [-0.15, -0.1) is 0 Å². The molecule has 0 bridgehead atoms. The molecule has 1 aliphatic rings. The number of nitrogens with one attached hydrogen (secondary N) is 2. The van der Waals surface area contributed by atoms with Crippen LogP contribution in [0.1, 0.15) is 18.4 Å². The Morgan fingerprint density at radius 1 is 1.36 bits per heavy atom. The number of rotatable bonds is 7. The van der Waals surface area contributed by atoms with Crippen LogP contribution in [0.25, 0.3) is 0 Å². The minimum absolute atomic E-state index is 0.00493. The van der Waals surface area contributed by atoms with Gasteiger partial charge in [-0.2, -0.15) is 4.98 Å². The predicted octanol–water partition coefficient (Wildman–Crippen LogP) is 3.09. The molecule has 1 unspecified atom stereocenters. The number of carboxylic acids is 1. The molecule has 3 N–H and O–H groups in total. The summed E-state index contributed by atoms with van der Waals surface area (Å²) in [4.78, 5) is 19.3. The molecule has 0 radical (unpaired) electrons. The van der Waals surface area contributed by atoms with Gasteiger partial charge in [-0.3, -0.25) is 4.79 Å². The summed E-state index contributed by atoms with van der Waals surface area (Å²) in [5.74, 6) is 0.103. The molecule has 0 aliphatic carbocycles. The summed E-state index contributed by atoms with van der Waals surface area (Å²) in [6.45, 7) is 1.45. The number of ether oxygens (including phenoxy) is 1. The number of benzene rings is 1. The van der Waals surface area contributed by atoms with Gasteiger partial charge in [0.15, 0.2) is 5.82 Å². The van der Waals surface area contributed by atoms with Crippen LogP contribution in [-0.2, 0) is 16.0 Å². The van der Waals surface area contributed by atoms with E-state index >= 15 is 0 Å². The Labute approximate surface area is 150 Å². The summed E-state index contributed by atoms with van der Waals surface area (Å²) < 4.78 is 5.57. The molecule has 2 aromatic rings. The second-order valence-electron chi connectivity index (χ2n) is 5.80. The van der Waals surface area contributed by atoms with Crippen LogP contribution in [0.2, 0.25) is 5.02 Å². The average molecular weight is 363 g/mol. The first kappa shape index (κ1) is 17.4. The first-order valence-electron chi connectivity index (χ1n) is 8.06. The third-order valence-electron chi connectivity index (χ3n) is 3.83. The van der Waals surface area contributed by atoms with Crippen LogP contribution >= 0.6 is 11.6 Å². The van der Waals surface area contributed by atoms with Crippen molar-refractivity contribution >= 4 is 35.0 Å². The highest BCUT2D eigenvalue weighted by Gasteiger charge is 2.16. The zero-order chi connectivity index (χ0) is 17.6. The van der Waals surface area contributed by atoms with Gasteiger partial charge >= 0.3 is 5.97 Å². The van der Waals surface area contributed by atoms with E-state index < -0.39 is 5.97 Å². The third-order valence-corrected chi connectivity index (χ3v) is 4.11. The number of anilines is 3. The molecule has 2 heterocycles. The van der Waals surface area contributed by atoms with Crippen molar-refractivity contribution in [3.63, 3.8) is 0 Å². The van der Waals surface area contributed by atoms with Gasteiger partial charge < -0.3 is 20.5 Å². The topological polar surface area (TPSA) is 96.4 Å². The van der Waals surface area contributed by atoms with Crippen LogP contribution in [0, 0.1) is 0 Å². The molecule has 1 aliphatic heterocycles. The second kappa shape index (κ2) is 8.13. The Bertz CT molecular complexity index is 733. The van der Waals surface area contributed by atoms with Crippen molar-refractivity contribution in [1.29, 1.82) is 0 Å². The molecule has 1 fully saturated rings. The third kappa shape index (κ3) is 5.04. The summed E-state index contributed by atoms with van der Waals surface area (Å²) in [7, 11) is 0. The smallest absolute Gasteiger partial charge is 0.307 e. The highest BCUT2D eigenvalue weighted by atomic mass is 35.5. The molecule has 132 valence electrons.